The van der Waals surface area contributed by atoms with Crippen molar-refractivity contribution in [3.63, 3.8) is 0 Å². The third kappa shape index (κ3) is 3.48. The van der Waals surface area contributed by atoms with Gasteiger partial charge in [0, 0.05) is 6.54 Å². The highest BCUT2D eigenvalue weighted by Crippen LogP contribution is 2.09. The number of hydrogen-bond acceptors (Lipinski definition) is 4. The lowest BCUT2D eigenvalue weighted by atomic mass is 10.1. The van der Waals surface area contributed by atoms with Crippen molar-refractivity contribution in [2.45, 2.75) is 13.3 Å². The van der Waals surface area contributed by atoms with Gasteiger partial charge in [-0.1, -0.05) is 24.3 Å². The molecule has 0 fully saturated rings. The highest BCUT2D eigenvalue weighted by atomic mass is 19.1. The molecule has 0 unspecified atom stereocenters. The Morgan fingerprint density at radius 1 is 1.13 bits per heavy atom. The molecule has 0 bridgehead atoms. The number of amides is 1. The smallest absolute Gasteiger partial charge is 0.291 e. The van der Waals surface area contributed by atoms with Gasteiger partial charge in [-0.15, -0.1) is 10.2 Å². The molecule has 0 saturated carbocycles. The van der Waals surface area contributed by atoms with Crippen molar-refractivity contribution in [1.82, 2.24) is 20.5 Å². The summed E-state index contributed by atoms with van der Waals surface area (Å²) in [6.07, 6.45) is 0.605. The van der Waals surface area contributed by atoms with Crippen LogP contribution in [0.1, 0.15) is 21.7 Å². The number of aromatic nitrogens is 3. The number of hydrogen-bond donors (Lipinski definition) is 1. The van der Waals surface area contributed by atoms with Gasteiger partial charge in [0.05, 0.1) is 5.52 Å². The maximum atomic E-state index is 13.2. The van der Waals surface area contributed by atoms with Crippen LogP contribution in [0.5, 0.6) is 0 Å². The Morgan fingerprint density at radius 3 is 2.70 bits per heavy atom. The lowest BCUT2D eigenvalue weighted by Crippen LogP contribution is -2.27. The van der Waals surface area contributed by atoms with Gasteiger partial charge in [0.15, 0.2) is 0 Å². The average molecular weight is 310 g/mol. The number of rotatable bonds is 4. The molecule has 2 aromatic carbocycles. The molecular weight excluding hydrogens is 295 g/mol. The molecule has 0 aliphatic rings. The first-order chi connectivity index (χ1) is 11.1. The number of benzene rings is 2. The van der Waals surface area contributed by atoms with Crippen molar-refractivity contribution in [3.8, 4) is 0 Å². The van der Waals surface area contributed by atoms with E-state index in [4.69, 9.17) is 0 Å². The normalized spacial score (nSPS) is 10.7. The number of fused-ring (bicyclic) bond motifs is 1. The summed E-state index contributed by atoms with van der Waals surface area (Å²) in [6, 6.07) is 12.1. The minimum atomic E-state index is -0.373. The summed E-state index contributed by atoms with van der Waals surface area (Å²) in [7, 11) is 0. The van der Waals surface area contributed by atoms with E-state index < -0.39 is 0 Å². The Labute approximate surface area is 132 Å². The molecule has 0 radical (unpaired) electrons. The van der Waals surface area contributed by atoms with Crippen molar-refractivity contribution in [2.75, 3.05) is 6.54 Å². The van der Waals surface area contributed by atoms with E-state index in [9.17, 15) is 9.18 Å². The van der Waals surface area contributed by atoms with Gasteiger partial charge < -0.3 is 5.32 Å². The molecule has 1 N–H and O–H groups in total. The van der Waals surface area contributed by atoms with E-state index in [0.717, 1.165) is 5.56 Å². The van der Waals surface area contributed by atoms with Gasteiger partial charge in [0.2, 0.25) is 5.82 Å². The van der Waals surface area contributed by atoms with Crippen LogP contribution in [0.2, 0.25) is 0 Å². The summed E-state index contributed by atoms with van der Waals surface area (Å²) in [5.74, 6) is -0.561. The Kier molecular flexibility index (Phi) is 4.23. The minimum Gasteiger partial charge on any atom is -0.349 e. The summed E-state index contributed by atoms with van der Waals surface area (Å²) in [6.45, 7) is 2.13. The Bertz CT molecular complexity index is 866. The third-order valence-corrected chi connectivity index (χ3v) is 3.49. The first-order valence-electron chi connectivity index (χ1n) is 7.26. The summed E-state index contributed by atoms with van der Waals surface area (Å²) >= 11 is 0. The first kappa shape index (κ1) is 15.0. The lowest BCUT2D eigenvalue weighted by Gasteiger charge is -2.06. The zero-order chi connectivity index (χ0) is 16.2. The Hall–Kier alpha value is -2.89. The molecule has 23 heavy (non-hydrogen) atoms. The van der Waals surface area contributed by atoms with Crippen molar-refractivity contribution in [3.05, 3.63) is 65.2 Å². The van der Waals surface area contributed by atoms with Gasteiger partial charge in [-0.25, -0.2) is 9.37 Å². The first-order valence-corrected chi connectivity index (χ1v) is 7.26. The SMILES string of the molecule is Cc1cc(CCNC(=O)c2nnc3ccccc3n2)ccc1F. The van der Waals surface area contributed by atoms with E-state index in [1.54, 1.807) is 31.2 Å². The second-order valence-corrected chi connectivity index (χ2v) is 5.21. The zero-order valence-corrected chi connectivity index (χ0v) is 12.6. The quantitative estimate of drug-likeness (QED) is 0.803. The van der Waals surface area contributed by atoms with Crippen molar-refractivity contribution in [2.24, 2.45) is 0 Å². The van der Waals surface area contributed by atoms with Crippen LogP contribution in [0.3, 0.4) is 0 Å². The van der Waals surface area contributed by atoms with Crippen LogP contribution in [0.25, 0.3) is 11.0 Å². The summed E-state index contributed by atoms with van der Waals surface area (Å²) < 4.78 is 13.2. The van der Waals surface area contributed by atoms with E-state index >= 15 is 0 Å². The zero-order valence-electron chi connectivity index (χ0n) is 12.6. The average Bonchev–Trinajstić information content (AvgIpc) is 2.57. The Balaban J connectivity index is 1.62. The van der Waals surface area contributed by atoms with Crippen molar-refractivity contribution < 1.29 is 9.18 Å². The molecule has 1 heterocycles. The van der Waals surface area contributed by atoms with Crippen LogP contribution < -0.4 is 5.32 Å². The molecule has 0 aliphatic carbocycles. The van der Waals surface area contributed by atoms with Crippen LogP contribution in [0, 0.1) is 12.7 Å². The molecule has 3 rings (SSSR count). The van der Waals surface area contributed by atoms with Crippen LogP contribution in [-0.4, -0.2) is 27.6 Å². The second-order valence-electron chi connectivity index (χ2n) is 5.21. The topological polar surface area (TPSA) is 67.8 Å². The molecule has 0 saturated heterocycles. The number of para-hydroxylation sites is 1. The molecule has 0 spiro atoms. The fraction of sp³-hybridized carbons (Fsp3) is 0.176. The van der Waals surface area contributed by atoms with Crippen LogP contribution >= 0.6 is 0 Å². The molecular formula is C17H15FN4O. The number of halogens is 1. The molecule has 5 nitrogen and oxygen atoms in total. The van der Waals surface area contributed by atoms with Crippen LogP contribution in [-0.2, 0) is 6.42 Å². The summed E-state index contributed by atoms with van der Waals surface area (Å²) in [5, 5.41) is 10.6. The van der Waals surface area contributed by atoms with Crippen LogP contribution in [0.4, 0.5) is 4.39 Å². The van der Waals surface area contributed by atoms with Gasteiger partial charge in [-0.05, 0) is 42.7 Å². The maximum Gasteiger partial charge on any atom is 0.291 e. The van der Waals surface area contributed by atoms with E-state index in [2.05, 4.69) is 20.5 Å². The second kappa shape index (κ2) is 6.48. The fourth-order valence-corrected chi connectivity index (χ4v) is 2.24. The number of carbonyl (C=O) groups is 1. The molecule has 116 valence electrons. The maximum absolute atomic E-state index is 13.2. The number of nitrogens with one attached hydrogen (secondary N) is 1. The van der Waals surface area contributed by atoms with E-state index in [1.165, 1.54) is 6.07 Å². The fourth-order valence-electron chi connectivity index (χ4n) is 2.24. The van der Waals surface area contributed by atoms with Gasteiger partial charge in [0.1, 0.15) is 11.3 Å². The van der Waals surface area contributed by atoms with E-state index in [-0.39, 0.29) is 17.5 Å². The molecule has 1 aromatic heterocycles. The van der Waals surface area contributed by atoms with E-state index in [1.807, 2.05) is 12.1 Å². The van der Waals surface area contributed by atoms with Gasteiger partial charge in [-0.3, -0.25) is 4.79 Å². The van der Waals surface area contributed by atoms with Gasteiger partial charge in [-0.2, -0.15) is 0 Å². The molecule has 0 atom stereocenters. The monoisotopic (exact) mass is 310 g/mol. The van der Waals surface area contributed by atoms with Crippen LogP contribution in [0.15, 0.2) is 42.5 Å². The predicted molar refractivity (Wildman–Crippen MR) is 84.5 cm³/mol. The van der Waals surface area contributed by atoms with Crippen molar-refractivity contribution >= 4 is 16.9 Å². The molecule has 3 aromatic rings. The molecule has 1 amide bonds. The third-order valence-electron chi connectivity index (χ3n) is 3.49. The standard InChI is InChI=1S/C17H15FN4O/c1-11-10-12(6-7-13(11)18)8-9-19-17(23)16-20-14-4-2-3-5-15(14)21-22-16/h2-7,10H,8-9H2,1H3,(H,19,23). The number of aryl methyl sites for hydroxylation is 1. The highest BCUT2D eigenvalue weighted by molar-refractivity contribution is 5.91. The van der Waals surface area contributed by atoms with Gasteiger partial charge in [0.25, 0.3) is 5.91 Å². The highest BCUT2D eigenvalue weighted by Gasteiger charge is 2.10. The lowest BCUT2D eigenvalue weighted by molar-refractivity contribution is 0.0943. The molecule has 6 heteroatoms. The minimum absolute atomic E-state index is 0.0407. The summed E-state index contributed by atoms with van der Waals surface area (Å²) in [5.41, 5.74) is 2.82. The number of nitrogens with zero attached hydrogens (tertiary/aromatic N) is 3. The van der Waals surface area contributed by atoms with Gasteiger partial charge >= 0.3 is 0 Å². The largest absolute Gasteiger partial charge is 0.349 e. The Morgan fingerprint density at radius 2 is 1.91 bits per heavy atom. The number of carbonyl (C=O) groups excluding carboxylic acids is 1. The summed E-state index contributed by atoms with van der Waals surface area (Å²) in [4.78, 5) is 16.3. The predicted octanol–water partition coefficient (Wildman–Crippen LogP) is 2.44. The van der Waals surface area contributed by atoms with Crippen molar-refractivity contribution in [1.29, 1.82) is 0 Å². The van der Waals surface area contributed by atoms with E-state index in [0.29, 0.717) is 29.6 Å². The molecule has 0 aliphatic heterocycles.